The molecule has 2 heterocycles. The Kier molecular flexibility index (Phi) is 5.65. The molecule has 0 atom stereocenters. The molecule has 1 aliphatic rings. The zero-order valence-electron chi connectivity index (χ0n) is 14.4. The molecular weight excluding hydrogens is 352 g/mol. The third-order valence-electron chi connectivity index (χ3n) is 4.19. The molecule has 2 aromatic rings. The van der Waals surface area contributed by atoms with Gasteiger partial charge in [0, 0.05) is 54.6 Å². The van der Waals surface area contributed by atoms with Crippen molar-refractivity contribution in [3.63, 3.8) is 0 Å². The highest BCUT2D eigenvalue weighted by Crippen LogP contribution is 2.25. The Morgan fingerprint density at radius 1 is 1.15 bits per heavy atom. The Morgan fingerprint density at radius 2 is 1.85 bits per heavy atom. The van der Waals surface area contributed by atoms with Crippen LogP contribution in [0.3, 0.4) is 0 Å². The van der Waals surface area contributed by atoms with E-state index in [4.69, 9.17) is 0 Å². The first kappa shape index (κ1) is 18.1. The van der Waals surface area contributed by atoms with Crippen LogP contribution >= 0.6 is 11.3 Å². The van der Waals surface area contributed by atoms with Crippen LogP contribution in [0.2, 0.25) is 0 Å². The lowest BCUT2D eigenvalue weighted by Gasteiger charge is -2.34. The van der Waals surface area contributed by atoms with Crippen LogP contribution in [0.4, 0.5) is 16.4 Å². The second-order valence-corrected chi connectivity index (χ2v) is 7.19. The van der Waals surface area contributed by atoms with E-state index in [9.17, 15) is 14.9 Å². The summed E-state index contributed by atoms with van der Waals surface area (Å²) >= 11 is 1.03. The van der Waals surface area contributed by atoms with E-state index in [0.717, 1.165) is 48.9 Å². The van der Waals surface area contributed by atoms with Crippen LogP contribution in [0.5, 0.6) is 0 Å². The lowest BCUT2D eigenvalue weighted by Crippen LogP contribution is -2.44. The number of thiophene rings is 1. The number of piperazine rings is 1. The molecule has 26 heavy (non-hydrogen) atoms. The number of nitro groups is 1. The molecule has 136 valence electrons. The summed E-state index contributed by atoms with van der Waals surface area (Å²) in [4.78, 5) is 27.5. The number of nitrogens with zero attached hydrogens (tertiary/aromatic N) is 3. The van der Waals surface area contributed by atoms with Crippen LogP contribution in [-0.2, 0) is 4.79 Å². The zero-order chi connectivity index (χ0) is 18.5. The van der Waals surface area contributed by atoms with Crippen molar-refractivity contribution in [3.05, 3.63) is 57.5 Å². The minimum atomic E-state index is -0.440. The molecule has 1 aliphatic heterocycles. The van der Waals surface area contributed by atoms with Crippen molar-refractivity contribution in [2.45, 2.75) is 0 Å². The molecule has 0 bridgehead atoms. The Hall–Kier alpha value is -2.71. The van der Waals surface area contributed by atoms with Crippen LogP contribution in [-0.4, -0.2) is 49.0 Å². The number of carbonyl (C=O) groups excluding carboxylic acids is 1. The van der Waals surface area contributed by atoms with Crippen molar-refractivity contribution < 1.29 is 9.72 Å². The summed E-state index contributed by atoms with van der Waals surface area (Å²) in [6.07, 6.45) is 2.95. The van der Waals surface area contributed by atoms with Gasteiger partial charge in [-0.25, -0.2) is 0 Å². The summed E-state index contributed by atoms with van der Waals surface area (Å²) in [5, 5.41) is 13.5. The maximum atomic E-state index is 12.0. The van der Waals surface area contributed by atoms with Crippen LogP contribution in [0.25, 0.3) is 6.08 Å². The minimum Gasteiger partial charge on any atom is -0.369 e. The minimum absolute atomic E-state index is 0.0598. The highest BCUT2D eigenvalue weighted by molar-refractivity contribution is 7.16. The highest BCUT2D eigenvalue weighted by atomic mass is 32.1. The third kappa shape index (κ3) is 4.68. The molecule has 0 radical (unpaired) electrons. The van der Waals surface area contributed by atoms with Crippen LogP contribution in [0, 0.1) is 10.1 Å². The largest absolute Gasteiger partial charge is 0.369 e. The lowest BCUT2D eigenvalue weighted by molar-refractivity contribution is -0.380. The van der Waals surface area contributed by atoms with Gasteiger partial charge in [0.2, 0.25) is 5.91 Å². The van der Waals surface area contributed by atoms with Gasteiger partial charge in [-0.15, -0.1) is 0 Å². The van der Waals surface area contributed by atoms with Gasteiger partial charge >= 0.3 is 5.00 Å². The number of benzene rings is 1. The number of amides is 1. The highest BCUT2D eigenvalue weighted by Gasteiger charge is 2.14. The van der Waals surface area contributed by atoms with E-state index < -0.39 is 4.92 Å². The van der Waals surface area contributed by atoms with E-state index in [1.54, 1.807) is 12.1 Å². The summed E-state index contributed by atoms with van der Waals surface area (Å²) in [6, 6.07) is 10.8. The number of nitrogens with one attached hydrogen (secondary N) is 1. The first-order chi connectivity index (χ1) is 12.5. The van der Waals surface area contributed by atoms with Crippen molar-refractivity contribution in [1.82, 2.24) is 4.90 Å². The van der Waals surface area contributed by atoms with E-state index in [-0.39, 0.29) is 10.9 Å². The van der Waals surface area contributed by atoms with Gasteiger partial charge in [-0.2, -0.15) is 0 Å². The molecule has 8 heteroatoms. The van der Waals surface area contributed by atoms with Crippen molar-refractivity contribution >= 4 is 39.7 Å². The maximum Gasteiger partial charge on any atom is 0.324 e. The van der Waals surface area contributed by atoms with Crippen molar-refractivity contribution in [3.8, 4) is 0 Å². The van der Waals surface area contributed by atoms with Gasteiger partial charge in [-0.05, 0) is 43.5 Å². The second kappa shape index (κ2) is 8.11. The average molecular weight is 372 g/mol. The predicted molar refractivity (Wildman–Crippen MR) is 105 cm³/mol. The molecule has 0 unspecified atom stereocenters. The lowest BCUT2D eigenvalue weighted by atomic mass is 10.2. The fraction of sp³-hybridized carbons (Fsp3) is 0.278. The molecule has 1 aromatic carbocycles. The standard InChI is InChI=1S/C18H20N4O3S/c1-20-10-12-21(13-11-20)15-4-2-14(3-5-15)19-17(23)8-6-16-7-9-18(26-16)22(24)25/h2-9H,10-13H2,1H3,(H,19,23)/b8-6+. The number of rotatable bonds is 5. The number of hydrogen-bond acceptors (Lipinski definition) is 6. The third-order valence-corrected chi connectivity index (χ3v) is 5.20. The topological polar surface area (TPSA) is 78.7 Å². The van der Waals surface area contributed by atoms with E-state index >= 15 is 0 Å². The van der Waals surface area contributed by atoms with Crippen LogP contribution < -0.4 is 10.2 Å². The van der Waals surface area contributed by atoms with Gasteiger partial charge in [-0.3, -0.25) is 14.9 Å². The number of carbonyl (C=O) groups is 1. The Labute approximate surface area is 155 Å². The maximum absolute atomic E-state index is 12.0. The van der Waals surface area contributed by atoms with E-state index in [2.05, 4.69) is 22.2 Å². The number of anilines is 2. The molecule has 1 aromatic heterocycles. The molecular formula is C18H20N4O3S. The monoisotopic (exact) mass is 372 g/mol. The summed E-state index contributed by atoms with van der Waals surface area (Å²) in [5.74, 6) is -0.270. The van der Waals surface area contributed by atoms with E-state index in [1.807, 2.05) is 24.3 Å². The fourth-order valence-electron chi connectivity index (χ4n) is 2.69. The van der Waals surface area contributed by atoms with Gasteiger partial charge < -0.3 is 15.1 Å². The molecule has 0 saturated carbocycles. The van der Waals surface area contributed by atoms with Gasteiger partial charge in [0.1, 0.15) is 0 Å². The molecule has 0 spiro atoms. The molecule has 1 amide bonds. The van der Waals surface area contributed by atoms with E-state index in [1.165, 1.54) is 12.1 Å². The molecule has 3 rings (SSSR count). The molecule has 0 aliphatic carbocycles. The predicted octanol–water partition coefficient (Wildman–Crippen LogP) is 3.06. The van der Waals surface area contributed by atoms with Crippen molar-refractivity contribution in [1.29, 1.82) is 0 Å². The van der Waals surface area contributed by atoms with Crippen LogP contribution in [0.1, 0.15) is 4.88 Å². The molecule has 1 N–H and O–H groups in total. The fourth-order valence-corrected chi connectivity index (χ4v) is 3.42. The van der Waals surface area contributed by atoms with Crippen molar-refractivity contribution in [2.75, 3.05) is 43.4 Å². The van der Waals surface area contributed by atoms with Crippen LogP contribution in [0.15, 0.2) is 42.5 Å². The summed E-state index contributed by atoms with van der Waals surface area (Å²) < 4.78 is 0. The Balaban J connectivity index is 1.55. The summed E-state index contributed by atoms with van der Waals surface area (Å²) in [5.41, 5.74) is 1.87. The zero-order valence-corrected chi connectivity index (χ0v) is 15.2. The molecule has 1 fully saturated rings. The average Bonchev–Trinajstić information content (AvgIpc) is 3.11. The van der Waals surface area contributed by atoms with Gasteiger partial charge in [0.05, 0.1) is 4.92 Å². The number of hydrogen-bond donors (Lipinski definition) is 1. The van der Waals surface area contributed by atoms with Gasteiger partial charge in [0.15, 0.2) is 0 Å². The second-order valence-electron chi connectivity index (χ2n) is 6.09. The SMILES string of the molecule is CN1CCN(c2ccc(NC(=O)/C=C/c3ccc([N+](=O)[O-])s3)cc2)CC1. The first-order valence-corrected chi connectivity index (χ1v) is 9.10. The normalized spacial score (nSPS) is 15.3. The van der Waals surface area contributed by atoms with Crippen molar-refractivity contribution in [2.24, 2.45) is 0 Å². The quantitative estimate of drug-likeness (QED) is 0.496. The Morgan fingerprint density at radius 3 is 2.46 bits per heavy atom. The van der Waals surface area contributed by atoms with Gasteiger partial charge in [-0.1, -0.05) is 11.3 Å². The number of likely N-dealkylation sites (N-methyl/N-ethyl adjacent to an activating group) is 1. The molecule has 1 saturated heterocycles. The smallest absolute Gasteiger partial charge is 0.324 e. The Bertz CT molecular complexity index is 808. The summed E-state index contributed by atoms with van der Waals surface area (Å²) in [6.45, 7) is 4.09. The summed E-state index contributed by atoms with van der Waals surface area (Å²) in [7, 11) is 2.12. The van der Waals surface area contributed by atoms with Gasteiger partial charge in [0.25, 0.3) is 0 Å². The van der Waals surface area contributed by atoms with E-state index in [0.29, 0.717) is 4.88 Å². The molecule has 7 nitrogen and oxygen atoms in total. The first-order valence-electron chi connectivity index (χ1n) is 8.28.